The number of thiocarbonyl (C=S) groups is 1. The molecule has 138 valence electrons. The first-order valence-corrected chi connectivity index (χ1v) is 9.98. The van der Waals surface area contributed by atoms with E-state index in [4.69, 9.17) is 21.9 Å². The first-order valence-electron chi connectivity index (χ1n) is 8.76. The number of carbonyl (C=O) groups excluding carboxylic acids is 1. The van der Waals surface area contributed by atoms with Crippen LogP contribution in [0.3, 0.4) is 0 Å². The Morgan fingerprint density at radius 2 is 2.07 bits per heavy atom. The zero-order chi connectivity index (χ0) is 18.8. The summed E-state index contributed by atoms with van der Waals surface area (Å²) >= 11 is 6.68. The first kappa shape index (κ1) is 18.2. The minimum atomic E-state index is -0.0778. The molecule has 1 amide bonds. The van der Waals surface area contributed by atoms with Gasteiger partial charge in [-0.25, -0.2) is 4.98 Å². The monoisotopic (exact) mass is 397 g/mol. The molecule has 0 unspecified atom stereocenters. The summed E-state index contributed by atoms with van der Waals surface area (Å²) < 4.78 is 6.04. The summed E-state index contributed by atoms with van der Waals surface area (Å²) in [5, 5.41) is 1.04. The molecule has 7 heteroatoms. The number of thioether (sulfide) groups is 1. The number of ether oxygens (including phenoxy) is 1. The Balaban J connectivity index is 1.78. The third kappa shape index (κ3) is 3.63. The molecule has 0 saturated carbocycles. The minimum absolute atomic E-state index is 0.0778. The normalized spacial score (nSPS) is 19.3. The quantitative estimate of drug-likeness (QED) is 0.447. The van der Waals surface area contributed by atoms with Crippen LogP contribution in [0, 0.1) is 0 Å². The first-order chi connectivity index (χ1) is 13.2. The summed E-state index contributed by atoms with van der Waals surface area (Å²) in [4.78, 5) is 22.0. The van der Waals surface area contributed by atoms with Gasteiger partial charge in [-0.2, -0.15) is 0 Å². The number of fused-ring (bicyclic) bond motifs is 1. The summed E-state index contributed by atoms with van der Waals surface area (Å²) in [6, 6.07) is 10.1. The molecule has 0 spiro atoms. The highest BCUT2D eigenvalue weighted by Crippen LogP contribution is 2.35. The number of morpholine rings is 1. The van der Waals surface area contributed by atoms with Gasteiger partial charge in [0.2, 0.25) is 0 Å². The van der Waals surface area contributed by atoms with Crippen LogP contribution in [-0.4, -0.2) is 53.0 Å². The van der Waals surface area contributed by atoms with Crippen LogP contribution < -0.4 is 4.90 Å². The minimum Gasteiger partial charge on any atom is -0.378 e. The second kappa shape index (κ2) is 7.80. The van der Waals surface area contributed by atoms with Crippen molar-refractivity contribution < 1.29 is 9.53 Å². The van der Waals surface area contributed by atoms with E-state index in [1.807, 2.05) is 30.3 Å². The van der Waals surface area contributed by atoms with Crippen molar-refractivity contribution in [2.24, 2.45) is 0 Å². The van der Waals surface area contributed by atoms with Gasteiger partial charge in [0.15, 0.2) is 0 Å². The summed E-state index contributed by atoms with van der Waals surface area (Å²) in [5.74, 6) is 0.803. The summed E-state index contributed by atoms with van der Waals surface area (Å²) in [5.41, 5.74) is 1.87. The van der Waals surface area contributed by atoms with Crippen LogP contribution in [0.25, 0.3) is 17.0 Å². The molecule has 0 radical (unpaired) electrons. The highest BCUT2D eigenvalue weighted by Gasteiger charge is 2.31. The Bertz CT molecular complexity index is 951. The van der Waals surface area contributed by atoms with Gasteiger partial charge in [-0.1, -0.05) is 48.3 Å². The molecular formula is C20H19N3O2S2. The Labute approximate surface area is 167 Å². The summed E-state index contributed by atoms with van der Waals surface area (Å²) in [7, 11) is 0. The second-order valence-corrected chi connectivity index (χ2v) is 7.95. The van der Waals surface area contributed by atoms with Crippen LogP contribution >= 0.6 is 24.0 Å². The lowest BCUT2D eigenvalue weighted by molar-refractivity contribution is -0.121. The van der Waals surface area contributed by atoms with E-state index >= 15 is 0 Å². The SMILES string of the molecule is C=CCN1C(=O)/C(=C\c2cc3ccccc3nc2N2CCOCC2)SC1=S. The van der Waals surface area contributed by atoms with E-state index in [0.717, 1.165) is 35.4 Å². The number of anilines is 1. The number of para-hydroxylation sites is 1. The molecule has 0 bridgehead atoms. The maximum absolute atomic E-state index is 12.7. The Morgan fingerprint density at radius 3 is 2.85 bits per heavy atom. The molecule has 2 fully saturated rings. The number of hydrogen-bond acceptors (Lipinski definition) is 6. The highest BCUT2D eigenvalue weighted by atomic mass is 32.2. The lowest BCUT2D eigenvalue weighted by atomic mass is 10.1. The van der Waals surface area contributed by atoms with Gasteiger partial charge in [0.05, 0.1) is 23.6 Å². The number of amides is 1. The lowest BCUT2D eigenvalue weighted by Gasteiger charge is -2.29. The number of benzene rings is 1. The molecule has 4 rings (SSSR count). The standard InChI is InChI=1S/C20H19N3O2S2/c1-2-7-23-19(24)17(27-20(23)26)13-15-12-14-5-3-4-6-16(14)21-18(15)22-8-10-25-11-9-22/h2-6,12-13H,1,7-11H2/b17-13+. The van der Waals surface area contributed by atoms with Crippen molar-refractivity contribution in [3.63, 3.8) is 0 Å². The van der Waals surface area contributed by atoms with E-state index in [1.54, 1.807) is 11.0 Å². The third-order valence-electron chi connectivity index (χ3n) is 4.51. The topological polar surface area (TPSA) is 45.7 Å². The number of nitrogens with zero attached hydrogens (tertiary/aromatic N) is 3. The van der Waals surface area contributed by atoms with Gasteiger partial charge in [-0.15, -0.1) is 6.58 Å². The number of aromatic nitrogens is 1. The van der Waals surface area contributed by atoms with Gasteiger partial charge >= 0.3 is 0 Å². The second-order valence-electron chi connectivity index (χ2n) is 6.27. The Hall–Kier alpha value is -2.22. The molecule has 5 nitrogen and oxygen atoms in total. The van der Waals surface area contributed by atoms with Crippen LogP contribution in [-0.2, 0) is 9.53 Å². The van der Waals surface area contributed by atoms with Gasteiger partial charge < -0.3 is 9.64 Å². The van der Waals surface area contributed by atoms with Gasteiger partial charge in [-0.05, 0) is 18.2 Å². The molecule has 0 atom stereocenters. The molecule has 1 aromatic carbocycles. The molecular weight excluding hydrogens is 378 g/mol. The van der Waals surface area contributed by atoms with E-state index in [-0.39, 0.29) is 5.91 Å². The molecule has 0 N–H and O–H groups in total. The predicted octanol–water partition coefficient (Wildman–Crippen LogP) is 3.46. The fourth-order valence-corrected chi connectivity index (χ4v) is 4.45. The fraction of sp³-hybridized carbons (Fsp3) is 0.250. The van der Waals surface area contributed by atoms with Crippen molar-refractivity contribution in [2.45, 2.75) is 0 Å². The molecule has 1 aromatic heterocycles. The molecule has 3 heterocycles. The van der Waals surface area contributed by atoms with E-state index in [2.05, 4.69) is 17.5 Å². The molecule has 2 aromatic rings. The zero-order valence-corrected chi connectivity index (χ0v) is 16.4. The van der Waals surface area contributed by atoms with Crippen LogP contribution in [0.2, 0.25) is 0 Å². The fourth-order valence-electron chi connectivity index (χ4n) is 3.18. The zero-order valence-electron chi connectivity index (χ0n) is 14.8. The van der Waals surface area contributed by atoms with Crippen LogP contribution in [0.15, 0.2) is 47.9 Å². The van der Waals surface area contributed by atoms with Crippen molar-refractivity contribution >= 4 is 57.0 Å². The van der Waals surface area contributed by atoms with Gasteiger partial charge in [0.1, 0.15) is 10.1 Å². The molecule has 0 aliphatic carbocycles. The number of pyridine rings is 1. The van der Waals surface area contributed by atoms with Crippen molar-refractivity contribution in [3.05, 3.63) is 53.5 Å². The Morgan fingerprint density at radius 1 is 1.30 bits per heavy atom. The van der Waals surface area contributed by atoms with Crippen LogP contribution in [0.5, 0.6) is 0 Å². The number of rotatable bonds is 4. The molecule has 27 heavy (non-hydrogen) atoms. The van der Waals surface area contributed by atoms with E-state index in [1.165, 1.54) is 11.8 Å². The van der Waals surface area contributed by atoms with Gasteiger partial charge in [-0.3, -0.25) is 9.69 Å². The maximum atomic E-state index is 12.7. The van der Waals surface area contributed by atoms with Crippen LogP contribution in [0.1, 0.15) is 5.56 Å². The van der Waals surface area contributed by atoms with Crippen molar-refractivity contribution in [1.29, 1.82) is 0 Å². The van der Waals surface area contributed by atoms with Gasteiger partial charge in [0, 0.05) is 30.6 Å². The summed E-state index contributed by atoms with van der Waals surface area (Å²) in [6.07, 6.45) is 3.59. The maximum Gasteiger partial charge on any atom is 0.266 e. The number of hydrogen-bond donors (Lipinski definition) is 0. The van der Waals surface area contributed by atoms with E-state index in [0.29, 0.717) is 29.0 Å². The van der Waals surface area contributed by atoms with Crippen molar-refractivity contribution in [2.75, 3.05) is 37.7 Å². The largest absolute Gasteiger partial charge is 0.378 e. The smallest absolute Gasteiger partial charge is 0.266 e. The van der Waals surface area contributed by atoms with Crippen LogP contribution in [0.4, 0.5) is 5.82 Å². The van der Waals surface area contributed by atoms with E-state index < -0.39 is 0 Å². The lowest BCUT2D eigenvalue weighted by Crippen LogP contribution is -2.37. The van der Waals surface area contributed by atoms with Crippen molar-refractivity contribution in [3.8, 4) is 0 Å². The summed E-state index contributed by atoms with van der Waals surface area (Å²) in [6.45, 7) is 7.04. The van der Waals surface area contributed by atoms with Crippen molar-refractivity contribution in [1.82, 2.24) is 9.88 Å². The molecule has 2 aliphatic heterocycles. The third-order valence-corrected chi connectivity index (χ3v) is 5.89. The average molecular weight is 398 g/mol. The predicted molar refractivity (Wildman–Crippen MR) is 115 cm³/mol. The molecule has 2 saturated heterocycles. The average Bonchev–Trinajstić information content (AvgIpc) is 2.96. The van der Waals surface area contributed by atoms with E-state index in [9.17, 15) is 4.79 Å². The number of carbonyl (C=O) groups is 1. The Kier molecular flexibility index (Phi) is 5.24. The molecule has 2 aliphatic rings. The highest BCUT2D eigenvalue weighted by molar-refractivity contribution is 8.26. The van der Waals surface area contributed by atoms with Gasteiger partial charge in [0.25, 0.3) is 5.91 Å².